The van der Waals surface area contributed by atoms with Crippen molar-refractivity contribution in [1.29, 1.82) is 0 Å². The van der Waals surface area contributed by atoms with Crippen molar-refractivity contribution in [3.8, 4) is 0 Å². The van der Waals surface area contributed by atoms with E-state index in [-0.39, 0.29) is 12.5 Å². The Bertz CT molecular complexity index is 676. The zero-order valence-corrected chi connectivity index (χ0v) is 12.9. The molecule has 6 heteroatoms. The largest absolute Gasteiger partial charge is 0.397 e. The number of aromatic nitrogens is 1. The second kappa shape index (κ2) is 5.52. The maximum absolute atomic E-state index is 11.4. The number of carbonyl (C=O) groups excluding carboxylic acids is 1. The zero-order chi connectivity index (χ0) is 15.0. The van der Waals surface area contributed by atoms with Gasteiger partial charge in [0.25, 0.3) is 0 Å². The molecule has 21 heavy (non-hydrogen) atoms. The maximum atomic E-state index is 11.4. The Hall–Kier alpha value is -1.82. The third-order valence-electron chi connectivity index (χ3n) is 4.04. The lowest BCUT2D eigenvalue weighted by Gasteiger charge is -2.31. The van der Waals surface area contributed by atoms with Gasteiger partial charge in [-0.15, -0.1) is 11.3 Å². The Balaban J connectivity index is 2.04. The first kappa shape index (κ1) is 14.1. The molecule has 1 amide bonds. The van der Waals surface area contributed by atoms with Crippen LogP contribution in [0.2, 0.25) is 0 Å². The minimum atomic E-state index is -0.323. The topological polar surface area (TPSA) is 85.2 Å². The van der Waals surface area contributed by atoms with E-state index in [1.54, 1.807) is 11.3 Å². The molecular weight excluding hydrogens is 284 g/mol. The van der Waals surface area contributed by atoms with Crippen molar-refractivity contribution < 1.29 is 4.79 Å². The van der Waals surface area contributed by atoms with Gasteiger partial charge in [-0.2, -0.15) is 0 Å². The lowest BCUT2D eigenvalue weighted by atomic mass is 10.1. The highest BCUT2D eigenvalue weighted by Crippen LogP contribution is 2.35. The molecule has 1 fully saturated rings. The van der Waals surface area contributed by atoms with Gasteiger partial charge >= 0.3 is 0 Å². The van der Waals surface area contributed by atoms with E-state index in [1.807, 2.05) is 19.1 Å². The van der Waals surface area contributed by atoms with E-state index in [4.69, 9.17) is 11.5 Å². The van der Waals surface area contributed by atoms with Gasteiger partial charge in [0, 0.05) is 6.04 Å². The number of benzene rings is 1. The smallest absolute Gasteiger partial charge is 0.236 e. The average molecular weight is 304 g/mol. The van der Waals surface area contributed by atoms with E-state index >= 15 is 0 Å². The van der Waals surface area contributed by atoms with Crippen molar-refractivity contribution in [3.63, 3.8) is 0 Å². The highest BCUT2D eigenvalue weighted by Gasteiger charge is 2.26. The number of anilines is 2. The lowest BCUT2D eigenvalue weighted by Crippen LogP contribution is -2.40. The quantitative estimate of drug-likeness (QED) is 0.849. The monoisotopic (exact) mass is 304 g/mol. The molecule has 1 aliphatic carbocycles. The number of thiazole rings is 1. The molecule has 0 bridgehead atoms. The summed E-state index contributed by atoms with van der Waals surface area (Å²) in [5.41, 5.74) is 14.2. The van der Waals surface area contributed by atoms with Gasteiger partial charge in [0.15, 0.2) is 0 Å². The first-order chi connectivity index (χ1) is 10.0. The Morgan fingerprint density at radius 1 is 1.43 bits per heavy atom. The molecule has 1 saturated carbocycles. The molecule has 2 aromatic rings. The van der Waals surface area contributed by atoms with E-state index in [2.05, 4.69) is 9.88 Å². The Morgan fingerprint density at radius 2 is 2.14 bits per heavy atom. The van der Waals surface area contributed by atoms with Crippen molar-refractivity contribution in [2.45, 2.75) is 38.6 Å². The fraction of sp³-hybridized carbons (Fsp3) is 0.467. The molecule has 1 aromatic heterocycles. The van der Waals surface area contributed by atoms with Gasteiger partial charge in [-0.25, -0.2) is 4.98 Å². The predicted molar refractivity (Wildman–Crippen MR) is 87.6 cm³/mol. The summed E-state index contributed by atoms with van der Waals surface area (Å²) in [5, 5.41) is 1.02. The first-order valence-corrected chi connectivity index (χ1v) is 8.08. The molecule has 3 rings (SSSR count). The van der Waals surface area contributed by atoms with Gasteiger partial charge in [0.05, 0.1) is 33.1 Å². The Labute approximate surface area is 127 Å². The summed E-state index contributed by atoms with van der Waals surface area (Å²) in [6.45, 7) is 2.20. The summed E-state index contributed by atoms with van der Waals surface area (Å²) in [5.74, 6) is -0.323. The maximum Gasteiger partial charge on any atom is 0.236 e. The predicted octanol–water partition coefficient (Wildman–Crippen LogP) is 2.42. The minimum absolute atomic E-state index is 0.212. The molecule has 1 aliphatic rings. The van der Waals surface area contributed by atoms with Gasteiger partial charge in [-0.3, -0.25) is 4.79 Å². The Morgan fingerprint density at radius 3 is 2.81 bits per heavy atom. The summed E-state index contributed by atoms with van der Waals surface area (Å²) < 4.78 is 1.08. The van der Waals surface area contributed by atoms with Crippen LogP contribution in [0.15, 0.2) is 12.1 Å². The summed E-state index contributed by atoms with van der Waals surface area (Å²) >= 11 is 1.63. The molecular formula is C15H20N4OS. The normalized spacial score (nSPS) is 15.7. The van der Waals surface area contributed by atoms with Crippen LogP contribution in [0.25, 0.3) is 10.2 Å². The van der Waals surface area contributed by atoms with Crippen molar-refractivity contribution in [3.05, 3.63) is 17.1 Å². The molecule has 0 unspecified atom stereocenters. The van der Waals surface area contributed by atoms with Gasteiger partial charge in [0.2, 0.25) is 5.91 Å². The van der Waals surface area contributed by atoms with Crippen LogP contribution in [-0.4, -0.2) is 23.5 Å². The number of rotatable bonds is 4. The number of carbonyl (C=O) groups is 1. The van der Waals surface area contributed by atoms with Gasteiger partial charge in [-0.05, 0) is 31.9 Å². The second-order valence-electron chi connectivity index (χ2n) is 5.64. The average Bonchev–Trinajstić information content (AvgIpc) is 3.03. The molecule has 0 radical (unpaired) electrons. The van der Waals surface area contributed by atoms with Crippen LogP contribution >= 0.6 is 11.3 Å². The van der Waals surface area contributed by atoms with Crippen LogP contribution in [0.1, 0.15) is 30.7 Å². The summed E-state index contributed by atoms with van der Waals surface area (Å²) in [6.07, 6.45) is 4.55. The van der Waals surface area contributed by atoms with Crippen LogP contribution in [0.5, 0.6) is 0 Å². The van der Waals surface area contributed by atoms with E-state index < -0.39 is 0 Å². The first-order valence-electron chi connectivity index (χ1n) is 7.26. The SMILES string of the molecule is Cc1nc2cc(N(CC(N)=O)C3CCCC3)c(N)cc2s1. The van der Waals surface area contributed by atoms with Crippen LogP contribution in [0, 0.1) is 6.92 Å². The van der Waals surface area contributed by atoms with Gasteiger partial charge in [0.1, 0.15) is 0 Å². The third kappa shape index (κ3) is 2.81. The molecule has 1 heterocycles. The molecule has 5 nitrogen and oxygen atoms in total. The molecule has 1 aromatic carbocycles. The number of fused-ring (bicyclic) bond motifs is 1. The van der Waals surface area contributed by atoms with Crippen LogP contribution in [0.4, 0.5) is 11.4 Å². The van der Waals surface area contributed by atoms with Gasteiger partial charge < -0.3 is 16.4 Å². The number of amides is 1. The third-order valence-corrected chi connectivity index (χ3v) is 4.98. The standard InChI is InChI=1S/C15H20N4OS/c1-9-18-12-7-13(11(16)6-14(12)21-9)19(8-15(17)20)10-4-2-3-5-10/h6-7,10H,2-5,8,16H2,1H3,(H2,17,20). The van der Waals surface area contributed by atoms with Crippen LogP contribution in [0.3, 0.4) is 0 Å². The minimum Gasteiger partial charge on any atom is -0.397 e. The zero-order valence-electron chi connectivity index (χ0n) is 12.1. The van der Waals surface area contributed by atoms with Crippen LogP contribution < -0.4 is 16.4 Å². The number of hydrogen-bond donors (Lipinski definition) is 2. The number of nitrogens with zero attached hydrogens (tertiary/aromatic N) is 2. The van der Waals surface area contributed by atoms with Gasteiger partial charge in [-0.1, -0.05) is 12.8 Å². The molecule has 0 spiro atoms. The number of hydrogen-bond acceptors (Lipinski definition) is 5. The number of nitrogens with two attached hydrogens (primary N) is 2. The number of aryl methyl sites for hydroxylation is 1. The van der Waals surface area contributed by atoms with Crippen LogP contribution in [-0.2, 0) is 4.79 Å². The van der Waals surface area contributed by atoms with E-state index in [9.17, 15) is 4.79 Å². The molecule has 0 aliphatic heterocycles. The van der Waals surface area contributed by atoms with Crippen molar-refractivity contribution in [2.75, 3.05) is 17.2 Å². The second-order valence-corrected chi connectivity index (χ2v) is 6.88. The fourth-order valence-corrected chi connectivity index (χ4v) is 3.99. The molecule has 0 saturated heterocycles. The van der Waals surface area contributed by atoms with E-state index in [0.717, 1.165) is 33.8 Å². The number of nitrogen functional groups attached to an aromatic ring is 1. The Kier molecular flexibility index (Phi) is 3.71. The van der Waals surface area contributed by atoms with Crippen molar-refractivity contribution in [2.24, 2.45) is 5.73 Å². The van der Waals surface area contributed by atoms with E-state index in [1.165, 1.54) is 12.8 Å². The molecule has 112 valence electrons. The highest BCUT2D eigenvalue weighted by atomic mass is 32.1. The van der Waals surface area contributed by atoms with E-state index in [0.29, 0.717) is 11.7 Å². The van der Waals surface area contributed by atoms with Crippen molar-refractivity contribution in [1.82, 2.24) is 4.98 Å². The molecule has 4 N–H and O–H groups in total. The summed E-state index contributed by atoms with van der Waals surface area (Å²) in [4.78, 5) is 18.0. The molecule has 0 atom stereocenters. The highest BCUT2D eigenvalue weighted by molar-refractivity contribution is 7.18. The van der Waals surface area contributed by atoms with Crippen molar-refractivity contribution >= 4 is 38.8 Å². The summed E-state index contributed by atoms with van der Waals surface area (Å²) in [6, 6.07) is 4.30. The summed E-state index contributed by atoms with van der Waals surface area (Å²) in [7, 11) is 0. The fourth-order valence-electron chi connectivity index (χ4n) is 3.14. The number of primary amides is 1. The lowest BCUT2D eigenvalue weighted by molar-refractivity contribution is -0.116.